The van der Waals surface area contributed by atoms with Gasteiger partial charge in [-0.3, -0.25) is 14.9 Å². The van der Waals surface area contributed by atoms with Crippen LogP contribution in [0.5, 0.6) is 5.75 Å². The highest BCUT2D eigenvalue weighted by Gasteiger charge is 2.30. The van der Waals surface area contributed by atoms with Crippen LogP contribution in [0.25, 0.3) is 0 Å². The fraction of sp³-hybridized carbons (Fsp3) is 0.588. The minimum Gasteiger partial charge on any atom is -0.477 e. The van der Waals surface area contributed by atoms with Gasteiger partial charge in [0.15, 0.2) is 12.4 Å². The van der Waals surface area contributed by atoms with Crippen LogP contribution in [-0.2, 0) is 14.8 Å². The maximum absolute atomic E-state index is 12.6. The fourth-order valence-corrected chi connectivity index (χ4v) is 4.31. The highest BCUT2D eigenvalue weighted by Crippen LogP contribution is 2.31. The highest BCUT2D eigenvalue weighted by atomic mass is 32.2. The number of hydrogen-bond donors (Lipinski definition) is 0. The van der Waals surface area contributed by atoms with Gasteiger partial charge in [0.1, 0.15) is 0 Å². The van der Waals surface area contributed by atoms with Crippen molar-refractivity contribution in [1.82, 2.24) is 9.21 Å². The van der Waals surface area contributed by atoms with Crippen LogP contribution in [0.4, 0.5) is 5.69 Å². The van der Waals surface area contributed by atoms with Gasteiger partial charge in [0, 0.05) is 32.7 Å². The summed E-state index contributed by atoms with van der Waals surface area (Å²) in [5, 5.41) is 11.4. The second-order valence-corrected chi connectivity index (χ2v) is 8.39. The molecule has 0 radical (unpaired) electrons. The number of nitro benzene ring substituents is 1. The summed E-state index contributed by atoms with van der Waals surface area (Å²) < 4.78 is 31.8. The Morgan fingerprint density at radius 3 is 2.59 bits per heavy atom. The lowest BCUT2D eigenvalue weighted by molar-refractivity contribution is -0.386. The van der Waals surface area contributed by atoms with E-state index >= 15 is 0 Å². The van der Waals surface area contributed by atoms with Gasteiger partial charge in [-0.15, -0.1) is 0 Å². The number of carbonyl (C=O) groups is 1. The van der Waals surface area contributed by atoms with Crippen molar-refractivity contribution in [2.75, 3.05) is 33.3 Å². The molecule has 1 fully saturated rings. The monoisotopic (exact) mass is 399 g/mol. The van der Waals surface area contributed by atoms with Crippen molar-refractivity contribution in [3.05, 3.63) is 28.3 Å². The summed E-state index contributed by atoms with van der Waals surface area (Å²) in [5.41, 5.74) is -0.473. The van der Waals surface area contributed by atoms with Crippen molar-refractivity contribution >= 4 is 21.6 Å². The molecule has 1 amide bonds. The van der Waals surface area contributed by atoms with E-state index in [2.05, 4.69) is 0 Å². The van der Waals surface area contributed by atoms with Crippen molar-refractivity contribution in [3.8, 4) is 5.75 Å². The van der Waals surface area contributed by atoms with Gasteiger partial charge in [-0.25, -0.2) is 8.42 Å². The largest absolute Gasteiger partial charge is 0.477 e. The number of nitrogens with zero attached hydrogens (tertiary/aromatic N) is 3. The molecule has 27 heavy (non-hydrogen) atoms. The first-order chi connectivity index (χ1) is 12.8. The van der Waals surface area contributed by atoms with Crippen LogP contribution in [0.2, 0.25) is 0 Å². The number of rotatable bonds is 9. The molecule has 1 aromatic rings. The van der Waals surface area contributed by atoms with Crippen molar-refractivity contribution in [1.29, 1.82) is 0 Å². The number of hydrogen-bond acceptors (Lipinski definition) is 6. The van der Waals surface area contributed by atoms with Gasteiger partial charge in [-0.05, 0) is 31.4 Å². The van der Waals surface area contributed by atoms with E-state index < -0.39 is 20.6 Å². The zero-order valence-electron chi connectivity index (χ0n) is 15.6. The summed E-state index contributed by atoms with van der Waals surface area (Å²) in [4.78, 5) is 24.0. The van der Waals surface area contributed by atoms with E-state index in [-0.39, 0.29) is 23.2 Å². The normalized spacial score (nSPS) is 14.9. The molecule has 0 atom stereocenters. The van der Waals surface area contributed by atoms with E-state index in [0.29, 0.717) is 19.6 Å². The molecule has 0 bridgehead atoms. The second-order valence-electron chi connectivity index (χ2n) is 6.46. The van der Waals surface area contributed by atoms with Crippen LogP contribution in [-0.4, -0.2) is 61.7 Å². The molecular weight excluding hydrogens is 374 g/mol. The lowest BCUT2D eigenvalue weighted by Crippen LogP contribution is -2.32. The molecule has 1 aliphatic rings. The molecule has 1 aliphatic heterocycles. The molecule has 2 rings (SSSR count). The van der Waals surface area contributed by atoms with Gasteiger partial charge in [-0.1, -0.05) is 13.3 Å². The molecule has 0 unspecified atom stereocenters. The summed E-state index contributed by atoms with van der Waals surface area (Å²) >= 11 is 0. The molecule has 150 valence electrons. The maximum Gasteiger partial charge on any atom is 0.312 e. The van der Waals surface area contributed by atoms with Gasteiger partial charge >= 0.3 is 5.69 Å². The lowest BCUT2D eigenvalue weighted by Gasteiger charge is -2.17. The summed E-state index contributed by atoms with van der Waals surface area (Å²) in [6.45, 7) is 3.06. The van der Waals surface area contributed by atoms with Gasteiger partial charge in [0.05, 0.1) is 9.82 Å². The average molecular weight is 399 g/mol. The molecule has 9 nitrogen and oxygen atoms in total. The summed E-state index contributed by atoms with van der Waals surface area (Å²) in [7, 11) is -2.13. The van der Waals surface area contributed by atoms with Gasteiger partial charge < -0.3 is 9.64 Å². The summed E-state index contributed by atoms with van der Waals surface area (Å²) in [6.07, 6.45) is 3.34. The minimum absolute atomic E-state index is 0.127. The average Bonchev–Trinajstić information content (AvgIpc) is 3.19. The quantitative estimate of drug-likeness (QED) is 0.464. The second kappa shape index (κ2) is 9.14. The first kappa shape index (κ1) is 21.1. The molecule has 0 N–H and O–H groups in total. The number of nitro groups is 1. The first-order valence-corrected chi connectivity index (χ1v) is 10.4. The van der Waals surface area contributed by atoms with E-state index in [1.165, 1.54) is 21.3 Å². The third-order valence-electron chi connectivity index (χ3n) is 4.45. The number of sulfonamides is 1. The first-order valence-electron chi connectivity index (χ1n) is 8.92. The van der Waals surface area contributed by atoms with Gasteiger partial charge in [0.25, 0.3) is 5.91 Å². The number of benzene rings is 1. The zero-order chi connectivity index (χ0) is 20.0. The minimum atomic E-state index is -3.77. The highest BCUT2D eigenvalue weighted by molar-refractivity contribution is 7.89. The van der Waals surface area contributed by atoms with Crippen LogP contribution in [0, 0.1) is 10.1 Å². The van der Waals surface area contributed by atoms with E-state index in [4.69, 9.17) is 4.74 Å². The van der Waals surface area contributed by atoms with E-state index in [0.717, 1.165) is 31.7 Å². The number of unbranched alkanes of at least 4 members (excludes halogenated alkanes) is 1. The van der Waals surface area contributed by atoms with E-state index in [1.54, 1.807) is 7.05 Å². The number of likely N-dealkylation sites (N-methyl/N-ethyl adjacent to an activating group) is 1. The Morgan fingerprint density at radius 1 is 1.33 bits per heavy atom. The standard InChI is InChI=1S/C17H25N3O6S/c1-3-4-9-18(2)17(21)13-26-16-8-7-14(12-15(16)20(22)23)27(24,25)19-10-5-6-11-19/h7-8,12H,3-6,9-11,13H2,1-2H3. The van der Waals surface area contributed by atoms with Crippen LogP contribution < -0.4 is 4.74 Å². The van der Waals surface area contributed by atoms with E-state index in [9.17, 15) is 23.3 Å². The molecule has 1 aromatic carbocycles. The molecule has 1 heterocycles. The molecule has 10 heteroatoms. The Kier molecular flexibility index (Phi) is 7.14. The molecule has 0 saturated carbocycles. The maximum atomic E-state index is 12.6. The third-order valence-corrected chi connectivity index (χ3v) is 6.35. The predicted octanol–water partition coefficient (Wildman–Crippen LogP) is 2.02. The molecular formula is C17H25N3O6S. The van der Waals surface area contributed by atoms with Crippen molar-refractivity contribution < 1.29 is 22.9 Å². The molecule has 0 aliphatic carbocycles. The Morgan fingerprint density at radius 2 is 2.00 bits per heavy atom. The molecule has 1 saturated heterocycles. The summed E-state index contributed by atoms with van der Waals surface area (Å²) in [5.74, 6) is -0.427. The third kappa shape index (κ3) is 5.16. The smallest absolute Gasteiger partial charge is 0.312 e. The van der Waals surface area contributed by atoms with Crippen molar-refractivity contribution in [2.24, 2.45) is 0 Å². The molecule has 0 aromatic heterocycles. The number of carbonyl (C=O) groups excluding carboxylic acids is 1. The predicted molar refractivity (Wildman–Crippen MR) is 99.1 cm³/mol. The lowest BCUT2D eigenvalue weighted by atomic mass is 10.3. The van der Waals surface area contributed by atoms with Crippen molar-refractivity contribution in [3.63, 3.8) is 0 Å². The summed E-state index contributed by atoms with van der Waals surface area (Å²) in [6, 6.07) is 3.51. The Balaban J connectivity index is 2.16. The van der Waals surface area contributed by atoms with Crippen LogP contribution >= 0.6 is 0 Å². The number of amides is 1. The van der Waals surface area contributed by atoms with Crippen LogP contribution in [0.3, 0.4) is 0 Å². The fourth-order valence-electron chi connectivity index (χ4n) is 2.77. The Hall–Kier alpha value is -2.20. The SMILES string of the molecule is CCCCN(C)C(=O)COc1ccc(S(=O)(=O)N2CCCC2)cc1[N+](=O)[O-]. The van der Waals surface area contributed by atoms with Gasteiger partial charge in [-0.2, -0.15) is 4.31 Å². The van der Waals surface area contributed by atoms with Crippen LogP contribution in [0.15, 0.2) is 23.1 Å². The van der Waals surface area contributed by atoms with Crippen molar-refractivity contribution in [2.45, 2.75) is 37.5 Å². The molecule has 0 spiro atoms. The Labute approximate surface area is 159 Å². The topological polar surface area (TPSA) is 110 Å². The van der Waals surface area contributed by atoms with Gasteiger partial charge in [0.2, 0.25) is 10.0 Å². The van der Waals surface area contributed by atoms with Crippen LogP contribution in [0.1, 0.15) is 32.6 Å². The zero-order valence-corrected chi connectivity index (χ0v) is 16.4. The van der Waals surface area contributed by atoms with E-state index in [1.807, 2.05) is 6.92 Å². The Bertz CT molecular complexity index is 790. The number of ether oxygens (including phenoxy) is 1.